The molecule has 2 aliphatic rings. The van der Waals surface area contributed by atoms with E-state index in [4.69, 9.17) is 0 Å². The molecule has 0 amide bonds. The number of nitrogens with zero attached hydrogens (tertiary/aromatic N) is 1. The van der Waals surface area contributed by atoms with Crippen LogP contribution in [0.2, 0.25) is 0 Å². The van der Waals surface area contributed by atoms with E-state index in [1.54, 1.807) is 0 Å². The third-order valence-corrected chi connectivity index (χ3v) is 5.86. The Bertz CT molecular complexity index is 400. The highest BCUT2D eigenvalue weighted by Gasteiger charge is 2.40. The fourth-order valence-corrected chi connectivity index (χ4v) is 4.36. The van der Waals surface area contributed by atoms with Gasteiger partial charge in [0.05, 0.1) is 0 Å². The highest BCUT2D eigenvalue weighted by Crippen LogP contribution is 2.44. The third-order valence-electron chi connectivity index (χ3n) is 4.18. The van der Waals surface area contributed by atoms with Crippen LogP contribution in [0.5, 0.6) is 0 Å². The number of halogens is 1. The van der Waals surface area contributed by atoms with E-state index in [-0.39, 0.29) is 0 Å². The van der Waals surface area contributed by atoms with E-state index < -0.39 is 0 Å². The fourth-order valence-electron chi connectivity index (χ4n) is 2.83. The maximum Gasteiger partial charge on any atom is 0.0325 e. The number of rotatable bonds is 8. The van der Waals surface area contributed by atoms with Gasteiger partial charge in [-0.3, -0.25) is 0 Å². The molecule has 0 radical (unpaired) electrons. The summed E-state index contributed by atoms with van der Waals surface area (Å²) in [7, 11) is 2.22. The summed E-state index contributed by atoms with van der Waals surface area (Å²) < 4.78 is 1.21. The molecule has 2 saturated carbocycles. The molecule has 106 valence electrons. The van der Waals surface area contributed by atoms with Gasteiger partial charge >= 0.3 is 0 Å². The first-order valence-electron chi connectivity index (χ1n) is 7.37. The predicted octanol–water partition coefficient (Wildman–Crippen LogP) is 3.72. The first-order valence-corrected chi connectivity index (χ1v) is 9.04. The van der Waals surface area contributed by atoms with Crippen molar-refractivity contribution in [3.8, 4) is 0 Å². The van der Waals surface area contributed by atoms with Gasteiger partial charge in [0.15, 0.2) is 0 Å². The summed E-state index contributed by atoms with van der Waals surface area (Å²) in [6.07, 6.45) is 5.86. The third kappa shape index (κ3) is 4.28. The molecule has 2 nitrogen and oxygen atoms in total. The van der Waals surface area contributed by atoms with Gasteiger partial charge in [-0.2, -0.15) is 0 Å². The smallest absolute Gasteiger partial charge is 0.0325 e. The zero-order valence-corrected chi connectivity index (χ0v) is 14.0. The molecule has 0 aromatic carbocycles. The molecule has 1 aromatic heterocycles. The zero-order valence-electron chi connectivity index (χ0n) is 11.6. The second-order valence-corrected chi connectivity index (χ2v) is 8.04. The lowest BCUT2D eigenvalue weighted by molar-refractivity contribution is 0.307. The average Bonchev–Trinajstić information content (AvgIpc) is 3.26. The van der Waals surface area contributed by atoms with E-state index in [1.165, 1.54) is 35.0 Å². The van der Waals surface area contributed by atoms with Crippen LogP contribution in [0.25, 0.3) is 0 Å². The average molecular weight is 343 g/mol. The molecule has 3 rings (SSSR count). The van der Waals surface area contributed by atoms with Crippen LogP contribution in [0, 0.1) is 11.8 Å². The summed E-state index contributed by atoms with van der Waals surface area (Å²) in [6, 6.07) is 3.07. The molecule has 1 N–H and O–H groups in total. The minimum absolute atomic E-state index is 0.837. The van der Waals surface area contributed by atoms with Crippen molar-refractivity contribution >= 4 is 27.3 Å². The molecular weight excluding hydrogens is 320 g/mol. The molecule has 0 spiro atoms. The Labute approximate surface area is 128 Å². The second-order valence-electron chi connectivity index (χ2n) is 6.12. The first-order chi connectivity index (χ1) is 9.22. The van der Waals surface area contributed by atoms with E-state index in [0.29, 0.717) is 0 Å². The number of nitrogens with one attached hydrogen (secondary N) is 1. The predicted molar refractivity (Wildman–Crippen MR) is 85.6 cm³/mol. The van der Waals surface area contributed by atoms with Gasteiger partial charge in [-0.1, -0.05) is 0 Å². The summed E-state index contributed by atoms with van der Waals surface area (Å²) in [6.45, 7) is 3.35. The van der Waals surface area contributed by atoms with Gasteiger partial charge in [0.1, 0.15) is 0 Å². The monoisotopic (exact) mass is 342 g/mol. The van der Waals surface area contributed by atoms with Crippen LogP contribution in [0.1, 0.15) is 30.6 Å². The molecule has 19 heavy (non-hydrogen) atoms. The maximum absolute atomic E-state index is 3.82. The molecule has 0 aliphatic heterocycles. The van der Waals surface area contributed by atoms with Gasteiger partial charge in [0.2, 0.25) is 0 Å². The highest BCUT2D eigenvalue weighted by atomic mass is 79.9. The zero-order chi connectivity index (χ0) is 13.2. The van der Waals surface area contributed by atoms with Crippen molar-refractivity contribution in [3.63, 3.8) is 0 Å². The lowest BCUT2D eigenvalue weighted by Gasteiger charge is -2.21. The lowest BCUT2D eigenvalue weighted by atomic mass is 10.1. The fraction of sp³-hybridized carbons (Fsp3) is 0.733. The summed E-state index contributed by atoms with van der Waals surface area (Å²) >= 11 is 5.36. The van der Waals surface area contributed by atoms with Crippen molar-refractivity contribution in [2.75, 3.05) is 20.1 Å². The van der Waals surface area contributed by atoms with E-state index in [1.807, 2.05) is 11.3 Å². The Hall–Kier alpha value is 0.1000. The van der Waals surface area contributed by atoms with Crippen molar-refractivity contribution in [1.82, 2.24) is 10.2 Å². The summed E-state index contributed by atoms with van der Waals surface area (Å²) in [5.41, 5.74) is 0. The molecule has 4 heteroatoms. The molecule has 2 aliphatic carbocycles. The lowest BCUT2D eigenvalue weighted by Crippen LogP contribution is -2.38. The van der Waals surface area contributed by atoms with Gasteiger partial charge < -0.3 is 10.2 Å². The van der Waals surface area contributed by atoms with Crippen molar-refractivity contribution in [1.29, 1.82) is 0 Å². The minimum Gasteiger partial charge on any atom is -0.312 e. The molecule has 0 unspecified atom stereocenters. The molecular formula is C15H23BrN2S. The molecule has 0 atom stereocenters. The van der Waals surface area contributed by atoms with Gasteiger partial charge in [0, 0.05) is 40.4 Å². The number of hydrogen-bond acceptors (Lipinski definition) is 3. The molecule has 2 fully saturated rings. The summed E-state index contributed by atoms with van der Waals surface area (Å²) in [5.74, 6) is 2.01. The Kier molecular flexibility index (Phi) is 4.62. The van der Waals surface area contributed by atoms with Crippen molar-refractivity contribution < 1.29 is 0 Å². The SMILES string of the molecule is CN(CCNC(C1CC1)C1CC1)Cc1cc(Br)cs1. The molecule has 0 bridgehead atoms. The quantitative estimate of drug-likeness (QED) is 0.774. The molecule has 0 saturated heterocycles. The van der Waals surface area contributed by atoms with Crippen molar-refractivity contribution in [2.45, 2.75) is 38.3 Å². The van der Waals surface area contributed by atoms with Gasteiger partial charge in [-0.15, -0.1) is 11.3 Å². The van der Waals surface area contributed by atoms with Gasteiger partial charge in [-0.05, 0) is 66.6 Å². The maximum atomic E-state index is 3.82. The molecule has 1 heterocycles. The highest BCUT2D eigenvalue weighted by molar-refractivity contribution is 9.10. The number of hydrogen-bond donors (Lipinski definition) is 1. The van der Waals surface area contributed by atoms with Crippen LogP contribution in [-0.2, 0) is 6.54 Å². The van der Waals surface area contributed by atoms with Crippen LogP contribution in [0.4, 0.5) is 0 Å². The van der Waals surface area contributed by atoms with Crippen LogP contribution in [0.3, 0.4) is 0 Å². The van der Waals surface area contributed by atoms with E-state index >= 15 is 0 Å². The summed E-state index contributed by atoms with van der Waals surface area (Å²) in [4.78, 5) is 3.86. The van der Waals surface area contributed by atoms with Gasteiger partial charge in [-0.25, -0.2) is 0 Å². The topological polar surface area (TPSA) is 15.3 Å². The number of thiophene rings is 1. The van der Waals surface area contributed by atoms with E-state index in [2.05, 4.69) is 44.6 Å². The van der Waals surface area contributed by atoms with E-state index in [9.17, 15) is 0 Å². The van der Waals surface area contributed by atoms with Crippen LogP contribution in [-0.4, -0.2) is 31.1 Å². The van der Waals surface area contributed by atoms with Crippen molar-refractivity contribution in [2.24, 2.45) is 11.8 Å². The largest absolute Gasteiger partial charge is 0.312 e. The van der Waals surface area contributed by atoms with Gasteiger partial charge in [0.25, 0.3) is 0 Å². The minimum atomic E-state index is 0.837. The standard InChI is InChI=1S/C15H23BrN2S/c1-18(9-14-8-13(16)10-19-14)7-6-17-15(11-2-3-11)12-4-5-12/h8,10-12,15,17H,2-7,9H2,1H3. The van der Waals surface area contributed by atoms with E-state index in [0.717, 1.165) is 37.5 Å². The molecule has 1 aromatic rings. The Morgan fingerprint density at radius 2 is 2.05 bits per heavy atom. The Morgan fingerprint density at radius 3 is 2.58 bits per heavy atom. The normalized spacial score (nSPS) is 19.6. The number of likely N-dealkylation sites (N-methyl/N-ethyl adjacent to an activating group) is 1. The Balaban J connectivity index is 1.36. The van der Waals surface area contributed by atoms with Crippen LogP contribution < -0.4 is 5.32 Å². The van der Waals surface area contributed by atoms with Crippen LogP contribution in [0.15, 0.2) is 15.9 Å². The first kappa shape index (κ1) is 14.1. The Morgan fingerprint density at radius 1 is 1.37 bits per heavy atom. The second kappa shape index (κ2) is 6.25. The van der Waals surface area contributed by atoms with Crippen molar-refractivity contribution in [3.05, 3.63) is 20.8 Å². The summed E-state index contributed by atoms with van der Waals surface area (Å²) in [5, 5.41) is 5.98. The van der Waals surface area contributed by atoms with Crippen LogP contribution >= 0.6 is 27.3 Å².